The average molecular weight is 304 g/mol. The minimum Gasteiger partial charge on any atom is -0.393 e. The van der Waals surface area contributed by atoms with E-state index in [9.17, 15) is 15.0 Å². The van der Waals surface area contributed by atoms with Gasteiger partial charge in [-0.3, -0.25) is 4.79 Å². The van der Waals surface area contributed by atoms with Crippen LogP contribution in [0.15, 0.2) is 11.6 Å². The van der Waals surface area contributed by atoms with E-state index in [0.29, 0.717) is 12.3 Å². The first-order valence-electron chi connectivity index (χ1n) is 8.96. The molecule has 2 N–H and O–H groups in total. The number of hydrogen-bond donors (Lipinski definition) is 2. The highest BCUT2D eigenvalue weighted by Crippen LogP contribution is 2.66. The van der Waals surface area contributed by atoms with Crippen molar-refractivity contribution in [1.82, 2.24) is 0 Å². The molecule has 2 unspecified atom stereocenters. The molecule has 0 aliphatic heterocycles. The van der Waals surface area contributed by atoms with Crippen LogP contribution in [0.1, 0.15) is 65.2 Å². The Hall–Kier alpha value is -0.670. The minimum absolute atomic E-state index is 0.0149. The predicted octanol–water partition coefficient (Wildman–Crippen LogP) is 2.99. The summed E-state index contributed by atoms with van der Waals surface area (Å²) in [5.74, 6) is 0.933. The predicted molar refractivity (Wildman–Crippen MR) is 84.2 cm³/mol. The van der Waals surface area contributed by atoms with Crippen molar-refractivity contribution in [1.29, 1.82) is 0 Å². The molecule has 4 rings (SSSR count). The van der Waals surface area contributed by atoms with Crippen LogP contribution in [-0.2, 0) is 4.79 Å². The van der Waals surface area contributed by atoms with Gasteiger partial charge in [0.25, 0.3) is 0 Å². The monoisotopic (exact) mass is 304 g/mol. The van der Waals surface area contributed by atoms with Crippen LogP contribution >= 0.6 is 0 Å². The first kappa shape index (κ1) is 14.9. The molecule has 3 saturated carbocycles. The highest BCUT2D eigenvalue weighted by molar-refractivity contribution is 5.91. The molecule has 0 spiro atoms. The molecule has 0 saturated heterocycles. The number of fused-ring (bicyclic) bond motifs is 5. The molecule has 0 aromatic carbocycles. The largest absolute Gasteiger partial charge is 0.393 e. The molecule has 3 heteroatoms. The number of hydrogen-bond acceptors (Lipinski definition) is 3. The first-order chi connectivity index (χ1) is 10.3. The lowest BCUT2D eigenvalue weighted by molar-refractivity contribution is -0.196. The second kappa shape index (κ2) is 4.45. The zero-order valence-electron chi connectivity index (χ0n) is 13.8. The lowest BCUT2D eigenvalue weighted by atomic mass is 9.45. The number of ketones is 1. The van der Waals surface area contributed by atoms with Crippen molar-refractivity contribution in [3.63, 3.8) is 0 Å². The molecule has 0 amide bonds. The smallest absolute Gasteiger partial charge is 0.155 e. The summed E-state index contributed by atoms with van der Waals surface area (Å²) in [5, 5.41) is 22.2. The molecule has 0 radical (unpaired) electrons. The van der Waals surface area contributed by atoms with E-state index in [1.54, 1.807) is 0 Å². The van der Waals surface area contributed by atoms with Crippen molar-refractivity contribution in [3.05, 3.63) is 11.6 Å². The third-order valence-electron chi connectivity index (χ3n) is 8.10. The standard InChI is InChI=1S/C19H28O3/c1-17-9-10-19(22)15(14(17)5-6-16(17)21)4-3-12-11-13(20)7-8-18(12,19)2/h11,14-16,21-22H,3-10H2,1-2H3/t14?,15?,16-,17-,18-,19+/m0/s1. The molecule has 0 aromatic heterocycles. The zero-order chi connectivity index (χ0) is 15.8. The minimum atomic E-state index is -0.688. The number of rotatable bonds is 0. The molecule has 4 aliphatic rings. The van der Waals surface area contributed by atoms with Gasteiger partial charge in [-0.05, 0) is 68.3 Å². The van der Waals surface area contributed by atoms with E-state index in [4.69, 9.17) is 0 Å². The van der Waals surface area contributed by atoms with Gasteiger partial charge in [0.2, 0.25) is 0 Å². The van der Waals surface area contributed by atoms with Gasteiger partial charge in [-0.2, -0.15) is 0 Å². The average Bonchev–Trinajstić information content (AvgIpc) is 2.77. The summed E-state index contributed by atoms with van der Waals surface area (Å²) in [5.41, 5.74) is 0.244. The fraction of sp³-hybridized carbons (Fsp3) is 0.842. The lowest BCUT2D eigenvalue weighted by Crippen LogP contribution is -2.63. The SMILES string of the molecule is C[C@]12CC[C@@]3(O)C(CCC4=CC(=O)CC[C@@]43C)C1CC[C@@H]2O. The summed E-state index contributed by atoms with van der Waals surface area (Å²) < 4.78 is 0. The van der Waals surface area contributed by atoms with Gasteiger partial charge in [0.05, 0.1) is 11.7 Å². The summed E-state index contributed by atoms with van der Waals surface area (Å²) in [6.07, 6.45) is 8.48. The number of aliphatic hydroxyl groups is 2. The Bertz CT molecular complexity index is 553. The summed E-state index contributed by atoms with van der Waals surface area (Å²) in [7, 11) is 0. The topological polar surface area (TPSA) is 57.5 Å². The first-order valence-corrected chi connectivity index (χ1v) is 8.96. The summed E-state index contributed by atoms with van der Waals surface area (Å²) in [6, 6.07) is 0. The second-order valence-electron chi connectivity index (χ2n) is 8.74. The van der Waals surface area contributed by atoms with Crippen LogP contribution < -0.4 is 0 Å². The van der Waals surface area contributed by atoms with E-state index < -0.39 is 5.60 Å². The molecular formula is C19H28O3. The summed E-state index contributed by atoms with van der Waals surface area (Å²) in [4.78, 5) is 11.8. The zero-order valence-corrected chi connectivity index (χ0v) is 13.8. The fourth-order valence-electron chi connectivity index (χ4n) is 6.47. The molecule has 0 bridgehead atoms. The molecular weight excluding hydrogens is 276 g/mol. The Balaban J connectivity index is 1.76. The molecule has 3 fully saturated rings. The molecule has 3 nitrogen and oxygen atoms in total. The van der Waals surface area contributed by atoms with Gasteiger partial charge in [0.15, 0.2) is 5.78 Å². The van der Waals surface area contributed by atoms with Gasteiger partial charge in [0.1, 0.15) is 0 Å². The van der Waals surface area contributed by atoms with Crippen molar-refractivity contribution in [3.8, 4) is 0 Å². The van der Waals surface area contributed by atoms with Crippen LogP contribution in [0.25, 0.3) is 0 Å². The quantitative estimate of drug-likeness (QED) is 0.723. The van der Waals surface area contributed by atoms with Gasteiger partial charge in [-0.15, -0.1) is 0 Å². The highest BCUT2D eigenvalue weighted by atomic mass is 16.3. The van der Waals surface area contributed by atoms with E-state index in [0.717, 1.165) is 44.9 Å². The van der Waals surface area contributed by atoms with Gasteiger partial charge in [-0.25, -0.2) is 0 Å². The van der Waals surface area contributed by atoms with Crippen molar-refractivity contribution >= 4 is 5.78 Å². The van der Waals surface area contributed by atoms with E-state index in [1.807, 2.05) is 6.08 Å². The van der Waals surface area contributed by atoms with Gasteiger partial charge in [0, 0.05) is 11.8 Å². The molecule has 0 heterocycles. The van der Waals surface area contributed by atoms with Gasteiger partial charge < -0.3 is 10.2 Å². The van der Waals surface area contributed by atoms with Crippen LogP contribution in [0.5, 0.6) is 0 Å². The third-order valence-corrected chi connectivity index (χ3v) is 8.10. The normalized spacial score (nSPS) is 54.3. The Morgan fingerprint density at radius 3 is 2.59 bits per heavy atom. The molecule has 0 aromatic rings. The maximum atomic E-state index is 11.8. The maximum absolute atomic E-state index is 11.8. The van der Waals surface area contributed by atoms with Crippen LogP contribution in [-0.4, -0.2) is 27.7 Å². The van der Waals surface area contributed by atoms with Crippen LogP contribution in [0, 0.1) is 22.7 Å². The van der Waals surface area contributed by atoms with Crippen molar-refractivity contribution in [2.45, 2.75) is 76.9 Å². The molecule has 122 valence electrons. The van der Waals surface area contributed by atoms with Crippen LogP contribution in [0.3, 0.4) is 0 Å². The third kappa shape index (κ3) is 1.62. The Morgan fingerprint density at radius 1 is 1.05 bits per heavy atom. The van der Waals surface area contributed by atoms with Crippen LogP contribution in [0.4, 0.5) is 0 Å². The van der Waals surface area contributed by atoms with E-state index in [2.05, 4.69) is 13.8 Å². The second-order valence-corrected chi connectivity index (χ2v) is 8.74. The lowest BCUT2D eigenvalue weighted by Gasteiger charge is -2.62. The number of aliphatic hydroxyl groups excluding tert-OH is 1. The fourth-order valence-corrected chi connectivity index (χ4v) is 6.47. The number of carbonyl (C=O) groups excluding carboxylic acids is 1. The Kier molecular flexibility index (Phi) is 3.01. The molecule has 22 heavy (non-hydrogen) atoms. The van der Waals surface area contributed by atoms with E-state index in [-0.39, 0.29) is 28.6 Å². The summed E-state index contributed by atoms with van der Waals surface area (Å²) in [6.45, 7) is 4.42. The summed E-state index contributed by atoms with van der Waals surface area (Å²) >= 11 is 0. The highest BCUT2D eigenvalue weighted by Gasteiger charge is 2.65. The molecule has 6 atom stereocenters. The van der Waals surface area contributed by atoms with Gasteiger partial charge >= 0.3 is 0 Å². The Labute approximate surface area is 132 Å². The van der Waals surface area contributed by atoms with Gasteiger partial charge in [-0.1, -0.05) is 19.4 Å². The maximum Gasteiger partial charge on any atom is 0.155 e. The van der Waals surface area contributed by atoms with E-state index in [1.165, 1.54) is 5.57 Å². The molecule has 4 aliphatic carbocycles. The van der Waals surface area contributed by atoms with Crippen molar-refractivity contribution in [2.75, 3.05) is 0 Å². The van der Waals surface area contributed by atoms with Crippen LogP contribution in [0.2, 0.25) is 0 Å². The Morgan fingerprint density at radius 2 is 1.82 bits per heavy atom. The van der Waals surface area contributed by atoms with Crippen molar-refractivity contribution < 1.29 is 15.0 Å². The number of carbonyl (C=O) groups is 1. The van der Waals surface area contributed by atoms with E-state index >= 15 is 0 Å². The van der Waals surface area contributed by atoms with Crippen molar-refractivity contribution in [2.24, 2.45) is 22.7 Å².